The zero-order valence-corrected chi connectivity index (χ0v) is 19.4. The van der Waals surface area contributed by atoms with Crippen molar-refractivity contribution in [2.75, 3.05) is 33.5 Å². The molecular weight excluding hydrogens is 394 g/mol. The summed E-state index contributed by atoms with van der Waals surface area (Å²) in [7, 11) is 1.94. The van der Waals surface area contributed by atoms with Crippen molar-refractivity contribution in [3.05, 3.63) is 70.8 Å². The lowest BCUT2D eigenvalue weighted by Gasteiger charge is -2.17. The van der Waals surface area contributed by atoms with Crippen LogP contribution in [-0.2, 0) is 25.5 Å². The summed E-state index contributed by atoms with van der Waals surface area (Å²) in [4.78, 5) is 10.5. The molecule has 0 aromatic heterocycles. The maximum atomic E-state index is 10.5. The second kappa shape index (κ2) is 16.6. The number of ether oxygens (including phenoxy) is 4. The van der Waals surface area contributed by atoms with Crippen molar-refractivity contribution in [2.24, 2.45) is 0 Å². The van der Waals surface area contributed by atoms with E-state index in [0.29, 0.717) is 32.0 Å². The molecule has 0 aliphatic rings. The molecule has 6 heteroatoms. The van der Waals surface area contributed by atoms with E-state index in [1.165, 1.54) is 5.56 Å². The Kier molecular flexibility index (Phi) is 14.4. The van der Waals surface area contributed by atoms with Gasteiger partial charge in [0.15, 0.2) is 12.6 Å². The van der Waals surface area contributed by atoms with Gasteiger partial charge in [-0.15, -0.1) is 0 Å². The lowest BCUT2D eigenvalue weighted by molar-refractivity contribution is -0.140. The number of carbonyl (C=O) groups excluding carboxylic acids is 1. The minimum absolute atomic E-state index is 0.237. The van der Waals surface area contributed by atoms with E-state index < -0.39 is 0 Å². The minimum Gasteiger partial charge on any atom is -0.349 e. The number of rotatable bonds is 13. The van der Waals surface area contributed by atoms with Crippen LogP contribution < -0.4 is 5.32 Å². The first kappa shape index (κ1) is 26.9. The van der Waals surface area contributed by atoms with E-state index in [1.54, 1.807) is 12.1 Å². The lowest BCUT2D eigenvalue weighted by Crippen LogP contribution is -2.09. The monoisotopic (exact) mass is 431 g/mol. The van der Waals surface area contributed by atoms with Gasteiger partial charge in [-0.05, 0) is 40.3 Å². The summed E-state index contributed by atoms with van der Waals surface area (Å²) in [6, 6.07) is 15.5. The maximum absolute atomic E-state index is 10.5. The molecule has 0 bridgehead atoms. The van der Waals surface area contributed by atoms with E-state index in [9.17, 15) is 4.79 Å². The Bertz CT molecular complexity index is 691. The number of aldehydes is 1. The Morgan fingerprint density at radius 2 is 1.10 bits per heavy atom. The highest BCUT2D eigenvalue weighted by molar-refractivity contribution is 5.74. The normalized spacial score (nSPS) is 10.8. The van der Waals surface area contributed by atoms with Crippen molar-refractivity contribution in [3.63, 3.8) is 0 Å². The highest BCUT2D eigenvalue weighted by atomic mass is 16.7. The van der Waals surface area contributed by atoms with Crippen molar-refractivity contribution < 1.29 is 23.7 Å². The number of benzene rings is 2. The van der Waals surface area contributed by atoms with E-state index in [1.807, 2.05) is 46.9 Å². The largest absolute Gasteiger partial charge is 0.349 e. The van der Waals surface area contributed by atoms with Crippen LogP contribution in [0.15, 0.2) is 48.5 Å². The molecule has 0 fully saturated rings. The molecule has 0 amide bonds. The second-order valence-corrected chi connectivity index (χ2v) is 6.54. The van der Waals surface area contributed by atoms with Crippen LogP contribution in [0.25, 0.3) is 0 Å². The third kappa shape index (κ3) is 10.2. The predicted octanol–water partition coefficient (Wildman–Crippen LogP) is 5.05. The van der Waals surface area contributed by atoms with E-state index >= 15 is 0 Å². The molecule has 6 nitrogen and oxygen atoms in total. The van der Waals surface area contributed by atoms with Crippen molar-refractivity contribution in [1.29, 1.82) is 0 Å². The zero-order valence-electron chi connectivity index (χ0n) is 19.4. The molecule has 2 aromatic carbocycles. The van der Waals surface area contributed by atoms with Crippen LogP contribution in [0.3, 0.4) is 0 Å². The highest BCUT2D eigenvalue weighted by Crippen LogP contribution is 2.20. The second-order valence-electron chi connectivity index (χ2n) is 6.54. The van der Waals surface area contributed by atoms with Gasteiger partial charge in [0.2, 0.25) is 0 Å². The third-order valence-corrected chi connectivity index (χ3v) is 4.25. The Morgan fingerprint density at radius 3 is 1.42 bits per heavy atom. The topological polar surface area (TPSA) is 66.0 Å². The maximum Gasteiger partial charge on any atom is 0.183 e. The van der Waals surface area contributed by atoms with Gasteiger partial charge in [-0.1, -0.05) is 48.5 Å². The summed E-state index contributed by atoms with van der Waals surface area (Å²) in [5.41, 5.74) is 3.93. The van der Waals surface area contributed by atoms with E-state index in [0.717, 1.165) is 24.0 Å². The van der Waals surface area contributed by atoms with Crippen LogP contribution >= 0.6 is 0 Å². The van der Waals surface area contributed by atoms with Gasteiger partial charge >= 0.3 is 0 Å². The van der Waals surface area contributed by atoms with Crippen molar-refractivity contribution >= 4 is 6.29 Å². The van der Waals surface area contributed by atoms with Gasteiger partial charge in [0.25, 0.3) is 0 Å². The van der Waals surface area contributed by atoms with Crippen molar-refractivity contribution in [1.82, 2.24) is 5.32 Å². The summed E-state index contributed by atoms with van der Waals surface area (Å²) in [5, 5.41) is 3.12. The van der Waals surface area contributed by atoms with Crippen LogP contribution in [0.1, 0.15) is 67.3 Å². The molecule has 0 aliphatic carbocycles. The minimum atomic E-state index is -0.333. The van der Waals surface area contributed by atoms with Gasteiger partial charge in [-0.2, -0.15) is 0 Å². The molecule has 0 radical (unpaired) electrons. The summed E-state index contributed by atoms with van der Waals surface area (Å²) in [5.74, 6) is 0. The fourth-order valence-corrected chi connectivity index (χ4v) is 2.82. The molecule has 0 saturated carbocycles. The summed E-state index contributed by atoms with van der Waals surface area (Å²) >= 11 is 0. The first-order valence-electron chi connectivity index (χ1n) is 10.9. The van der Waals surface area contributed by atoms with Crippen LogP contribution in [0.2, 0.25) is 0 Å². The Hall–Kier alpha value is -2.09. The fraction of sp³-hybridized carbons (Fsp3) is 0.480. The number of nitrogens with one attached hydrogen (secondary N) is 1. The number of hydrogen-bond acceptors (Lipinski definition) is 6. The SMILES string of the molecule is CCOC(OCC)c1ccc(C=O)cc1.CCOC(OCC)c1ccc(CNC)cc1. The van der Waals surface area contributed by atoms with Crippen LogP contribution in [0, 0.1) is 0 Å². The molecule has 2 rings (SSSR count). The molecule has 0 saturated heterocycles. The first-order valence-corrected chi connectivity index (χ1v) is 10.9. The van der Waals surface area contributed by atoms with Crippen LogP contribution in [0.5, 0.6) is 0 Å². The molecule has 0 heterocycles. The average Bonchev–Trinajstić information content (AvgIpc) is 2.80. The molecule has 0 atom stereocenters. The van der Waals surface area contributed by atoms with Gasteiger partial charge in [0.05, 0.1) is 0 Å². The highest BCUT2D eigenvalue weighted by Gasteiger charge is 2.11. The Morgan fingerprint density at radius 1 is 0.710 bits per heavy atom. The van der Waals surface area contributed by atoms with Crippen molar-refractivity contribution in [2.45, 2.75) is 46.8 Å². The molecule has 0 unspecified atom stereocenters. The summed E-state index contributed by atoms with van der Waals surface area (Å²) < 4.78 is 21.9. The predicted molar refractivity (Wildman–Crippen MR) is 123 cm³/mol. The summed E-state index contributed by atoms with van der Waals surface area (Å²) in [6.07, 6.45) is 0.250. The quantitative estimate of drug-likeness (QED) is 0.354. The molecule has 0 aliphatic heterocycles. The molecular formula is C25H37NO5. The van der Waals surface area contributed by atoms with Gasteiger partial charge in [-0.3, -0.25) is 4.79 Å². The number of carbonyl (C=O) groups is 1. The number of hydrogen-bond donors (Lipinski definition) is 1. The third-order valence-electron chi connectivity index (χ3n) is 4.25. The van der Waals surface area contributed by atoms with Crippen molar-refractivity contribution in [3.8, 4) is 0 Å². The average molecular weight is 432 g/mol. The van der Waals surface area contributed by atoms with E-state index in [2.05, 4.69) is 29.6 Å². The van der Waals surface area contributed by atoms with Crippen LogP contribution in [0.4, 0.5) is 0 Å². The van der Waals surface area contributed by atoms with E-state index in [4.69, 9.17) is 18.9 Å². The van der Waals surface area contributed by atoms with Gasteiger partial charge in [-0.25, -0.2) is 0 Å². The smallest absolute Gasteiger partial charge is 0.183 e. The standard InChI is InChI=1S/C13H21NO2.C12H16O3/c1-4-15-13(16-5-2)12-8-6-11(7-9-12)10-14-3;1-3-14-12(15-4-2)11-7-5-10(9-13)6-8-11/h6-9,13-14H,4-5,10H2,1-3H3;5-9,12H,3-4H2,1-2H3. The fourth-order valence-electron chi connectivity index (χ4n) is 2.82. The first-order chi connectivity index (χ1) is 15.1. The Labute approximate surface area is 186 Å². The van der Waals surface area contributed by atoms with Gasteiger partial charge < -0.3 is 24.3 Å². The molecule has 2 aromatic rings. The summed E-state index contributed by atoms with van der Waals surface area (Å²) in [6.45, 7) is 11.2. The lowest BCUT2D eigenvalue weighted by atomic mass is 10.1. The van der Waals surface area contributed by atoms with Gasteiger partial charge in [0.1, 0.15) is 6.29 Å². The zero-order chi connectivity index (χ0) is 22.9. The Balaban J connectivity index is 0.000000311. The van der Waals surface area contributed by atoms with E-state index in [-0.39, 0.29) is 12.6 Å². The van der Waals surface area contributed by atoms with Crippen LogP contribution in [-0.4, -0.2) is 39.8 Å². The molecule has 31 heavy (non-hydrogen) atoms. The van der Waals surface area contributed by atoms with Gasteiger partial charge in [0, 0.05) is 49.7 Å². The molecule has 0 spiro atoms. The molecule has 172 valence electrons. The molecule has 1 N–H and O–H groups in total.